The van der Waals surface area contributed by atoms with Crippen LogP contribution in [0, 0.1) is 19.8 Å². The second-order valence-electron chi connectivity index (χ2n) is 6.26. The van der Waals surface area contributed by atoms with Gasteiger partial charge in [0.05, 0.1) is 6.04 Å². The number of aromatic nitrogens is 2. The number of nitrogens with one attached hydrogen (secondary N) is 2. The fraction of sp³-hybridized carbons (Fsp3) is 0.389. The maximum atomic E-state index is 12.6. The molecule has 0 unspecified atom stereocenters. The zero-order chi connectivity index (χ0) is 17.0. The topological polar surface area (TPSA) is 74.8 Å². The van der Waals surface area contributed by atoms with Crippen molar-refractivity contribution in [1.29, 1.82) is 0 Å². The van der Waals surface area contributed by atoms with Gasteiger partial charge in [0.2, 0.25) is 0 Å². The fourth-order valence-electron chi connectivity index (χ4n) is 2.69. The molecule has 2 heterocycles. The van der Waals surface area contributed by atoms with E-state index in [2.05, 4.69) is 29.1 Å². The molecule has 2 aromatic heterocycles. The number of nitrogens with zero attached hydrogens (tertiary/aromatic N) is 1. The van der Waals surface area contributed by atoms with Gasteiger partial charge in [0.15, 0.2) is 5.43 Å². The number of aromatic amines is 1. The number of aryl methyl sites for hydroxylation is 2. The molecule has 2 aromatic rings. The standard InChI is InChI=1S/C18H23N3O2/c1-11(2)8-15(14-6-5-7-19-10-14)21-18(23)17-13(4)20-12(3)9-16(17)22/h5-7,9-11,15H,8H2,1-4H3,(H,20,22)(H,21,23)/t15-/m1/s1. The van der Waals surface area contributed by atoms with Gasteiger partial charge in [0.1, 0.15) is 5.56 Å². The molecule has 0 radical (unpaired) electrons. The summed E-state index contributed by atoms with van der Waals surface area (Å²) in [6.07, 6.45) is 4.23. The van der Waals surface area contributed by atoms with E-state index >= 15 is 0 Å². The van der Waals surface area contributed by atoms with E-state index < -0.39 is 0 Å². The van der Waals surface area contributed by atoms with E-state index in [0.29, 0.717) is 11.6 Å². The van der Waals surface area contributed by atoms with Crippen LogP contribution in [-0.4, -0.2) is 15.9 Å². The molecule has 2 rings (SSSR count). The highest BCUT2D eigenvalue weighted by atomic mass is 16.2. The molecular weight excluding hydrogens is 290 g/mol. The van der Waals surface area contributed by atoms with Gasteiger partial charge in [-0.05, 0) is 37.8 Å². The van der Waals surface area contributed by atoms with Crippen molar-refractivity contribution in [2.24, 2.45) is 5.92 Å². The van der Waals surface area contributed by atoms with E-state index in [1.807, 2.05) is 12.1 Å². The maximum Gasteiger partial charge on any atom is 0.257 e. The molecule has 2 N–H and O–H groups in total. The maximum absolute atomic E-state index is 12.6. The molecule has 0 aliphatic carbocycles. The highest BCUT2D eigenvalue weighted by molar-refractivity contribution is 5.95. The van der Waals surface area contributed by atoms with Crippen LogP contribution in [-0.2, 0) is 0 Å². The first-order valence-corrected chi connectivity index (χ1v) is 7.79. The Morgan fingerprint density at radius 1 is 1.35 bits per heavy atom. The second-order valence-corrected chi connectivity index (χ2v) is 6.26. The molecule has 122 valence electrons. The Bertz CT molecular complexity index is 736. The molecule has 0 aromatic carbocycles. The van der Waals surface area contributed by atoms with Crippen LogP contribution in [0.25, 0.3) is 0 Å². The van der Waals surface area contributed by atoms with Crippen LogP contribution < -0.4 is 10.7 Å². The van der Waals surface area contributed by atoms with E-state index in [0.717, 1.165) is 17.7 Å². The minimum absolute atomic E-state index is 0.170. The van der Waals surface area contributed by atoms with Crippen molar-refractivity contribution in [3.05, 3.63) is 63.3 Å². The third-order valence-corrected chi connectivity index (χ3v) is 3.68. The van der Waals surface area contributed by atoms with Crippen LogP contribution in [0.4, 0.5) is 0 Å². The summed E-state index contributed by atoms with van der Waals surface area (Å²) < 4.78 is 0. The molecule has 0 spiro atoms. The first-order valence-electron chi connectivity index (χ1n) is 7.79. The van der Waals surface area contributed by atoms with Crippen LogP contribution in [0.1, 0.15) is 53.6 Å². The number of hydrogen-bond donors (Lipinski definition) is 2. The van der Waals surface area contributed by atoms with Gasteiger partial charge < -0.3 is 10.3 Å². The van der Waals surface area contributed by atoms with Gasteiger partial charge in [0, 0.05) is 29.8 Å². The molecular formula is C18H23N3O2. The van der Waals surface area contributed by atoms with Gasteiger partial charge in [-0.1, -0.05) is 19.9 Å². The van der Waals surface area contributed by atoms with Crippen molar-refractivity contribution in [2.75, 3.05) is 0 Å². The number of pyridine rings is 2. The monoisotopic (exact) mass is 313 g/mol. The molecule has 0 aliphatic heterocycles. The van der Waals surface area contributed by atoms with E-state index in [9.17, 15) is 9.59 Å². The Kier molecular flexibility index (Phi) is 5.32. The third kappa shape index (κ3) is 4.28. The van der Waals surface area contributed by atoms with Crippen molar-refractivity contribution >= 4 is 5.91 Å². The highest BCUT2D eigenvalue weighted by Crippen LogP contribution is 2.21. The summed E-state index contributed by atoms with van der Waals surface area (Å²) in [5.41, 5.74) is 2.19. The summed E-state index contributed by atoms with van der Waals surface area (Å²) in [5, 5.41) is 2.98. The van der Waals surface area contributed by atoms with Crippen LogP contribution >= 0.6 is 0 Å². The number of amides is 1. The number of carbonyl (C=O) groups excluding carboxylic acids is 1. The molecule has 23 heavy (non-hydrogen) atoms. The average Bonchev–Trinajstić information content (AvgIpc) is 2.46. The zero-order valence-corrected chi connectivity index (χ0v) is 14.0. The van der Waals surface area contributed by atoms with Gasteiger partial charge in [-0.15, -0.1) is 0 Å². The smallest absolute Gasteiger partial charge is 0.257 e. The van der Waals surface area contributed by atoms with Crippen molar-refractivity contribution in [2.45, 2.75) is 40.2 Å². The Morgan fingerprint density at radius 2 is 2.09 bits per heavy atom. The summed E-state index contributed by atoms with van der Waals surface area (Å²) in [7, 11) is 0. The lowest BCUT2D eigenvalue weighted by Crippen LogP contribution is -2.34. The first-order chi connectivity index (χ1) is 10.9. The van der Waals surface area contributed by atoms with Gasteiger partial charge in [-0.25, -0.2) is 0 Å². The lowest BCUT2D eigenvalue weighted by Gasteiger charge is -2.21. The molecule has 5 nitrogen and oxygen atoms in total. The summed E-state index contributed by atoms with van der Waals surface area (Å²) >= 11 is 0. The van der Waals surface area contributed by atoms with Crippen LogP contribution in [0.3, 0.4) is 0 Å². The highest BCUT2D eigenvalue weighted by Gasteiger charge is 2.20. The molecule has 5 heteroatoms. The Balaban J connectivity index is 2.30. The molecule has 0 fully saturated rings. The minimum Gasteiger partial charge on any atom is -0.362 e. The first kappa shape index (κ1) is 16.9. The van der Waals surface area contributed by atoms with Crippen molar-refractivity contribution in [1.82, 2.24) is 15.3 Å². The lowest BCUT2D eigenvalue weighted by molar-refractivity contribution is 0.0929. The van der Waals surface area contributed by atoms with E-state index in [1.54, 1.807) is 26.2 Å². The van der Waals surface area contributed by atoms with E-state index in [-0.39, 0.29) is 22.9 Å². The predicted octanol–water partition coefficient (Wildman–Crippen LogP) is 2.90. The van der Waals surface area contributed by atoms with Crippen molar-refractivity contribution in [3.8, 4) is 0 Å². The van der Waals surface area contributed by atoms with E-state index in [1.165, 1.54) is 6.07 Å². The zero-order valence-electron chi connectivity index (χ0n) is 14.0. The quantitative estimate of drug-likeness (QED) is 0.891. The average molecular weight is 313 g/mol. The molecule has 0 bridgehead atoms. The number of rotatable bonds is 5. The lowest BCUT2D eigenvalue weighted by atomic mass is 9.97. The molecule has 1 atom stereocenters. The van der Waals surface area contributed by atoms with Crippen LogP contribution in [0.5, 0.6) is 0 Å². The predicted molar refractivity (Wildman–Crippen MR) is 90.4 cm³/mol. The summed E-state index contributed by atoms with van der Waals surface area (Å²) in [6, 6.07) is 5.06. The second kappa shape index (κ2) is 7.22. The van der Waals surface area contributed by atoms with Crippen LogP contribution in [0.2, 0.25) is 0 Å². The van der Waals surface area contributed by atoms with Crippen molar-refractivity contribution in [3.63, 3.8) is 0 Å². The normalized spacial score (nSPS) is 12.2. The SMILES string of the molecule is Cc1cc(=O)c(C(=O)N[C@H](CC(C)C)c2cccnc2)c(C)[nH]1. The van der Waals surface area contributed by atoms with Crippen molar-refractivity contribution < 1.29 is 4.79 Å². The molecule has 0 saturated carbocycles. The number of hydrogen-bond acceptors (Lipinski definition) is 3. The van der Waals surface area contributed by atoms with Gasteiger partial charge >= 0.3 is 0 Å². The summed E-state index contributed by atoms with van der Waals surface area (Å²) in [6.45, 7) is 7.73. The Hall–Kier alpha value is -2.43. The fourth-order valence-corrected chi connectivity index (χ4v) is 2.69. The van der Waals surface area contributed by atoms with Crippen LogP contribution in [0.15, 0.2) is 35.4 Å². The molecule has 0 saturated heterocycles. The third-order valence-electron chi connectivity index (χ3n) is 3.68. The Labute approximate surface area is 136 Å². The van der Waals surface area contributed by atoms with Gasteiger partial charge in [-0.2, -0.15) is 0 Å². The summed E-state index contributed by atoms with van der Waals surface area (Å²) in [5.74, 6) is 0.0520. The molecule has 0 aliphatic rings. The minimum atomic E-state index is -0.349. The number of H-pyrrole nitrogens is 1. The summed E-state index contributed by atoms with van der Waals surface area (Å²) in [4.78, 5) is 31.9. The van der Waals surface area contributed by atoms with Gasteiger partial charge in [0.25, 0.3) is 5.91 Å². The largest absolute Gasteiger partial charge is 0.362 e. The molecule has 1 amide bonds. The Morgan fingerprint density at radius 3 is 2.65 bits per heavy atom. The van der Waals surface area contributed by atoms with Gasteiger partial charge in [-0.3, -0.25) is 14.6 Å². The number of carbonyl (C=O) groups is 1. The van der Waals surface area contributed by atoms with E-state index in [4.69, 9.17) is 0 Å².